The summed E-state index contributed by atoms with van der Waals surface area (Å²) < 4.78 is 6.48. The molecule has 2 aromatic rings. The number of amides is 3. The summed E-state index contributed by atoms with van der Waals surface area (Å²) in [6, 6.07) is 14.3. The molecule has 10 heteroatoms. The number of anilines is 1. The van der Waals surface area contributed by atoms with E-state index in [4.69, 9.17) is 27.9 Å². The lowest BCUT2D eigenvalue weighted by molar-refractivity contribution is -0.141. The van der Waals surface area contributed by atoms with Gasteiger partial charge in [-0.15, -0.1) is 0 Å². The van der Waals surface area contributed by atoms with Crippen molar-refractivity contribution in [2.75, 3.05) is 25.5 Å². The Morgan fingerprint density at radius 3 is 2.56 bits per heavy atom. The SMILES string of the molecule is CN(CCCN1C(=O)[C@H]2[C@H](C(=O)Nc3ccc(Cl)c(Cl)c3)[C@H]3C=C[C@@]2(O3)[C@@H]1C(=O)NC1CCCCC1)Cc1ccccc1. The van der Waals surface area contributed by atoms with E-state index in [1.54, 1.807) is 23.1 Å². The molecule has 2 saturated heterocycles. The van der Waals surface area contributed by atoms with Crippen molar-refractivity contribution in [3.63, 3.8) is 0 Å². The topological polar surface area (TPSA) is 91.0 Å². The molecule has 4 aliphatic rings. The third-order valence-electron chi connectivity index (χ3n) is 9.30. The fourth-order valence-corrected chi connectivity index (χ4v) is 7.62. The summed E-state index contributed by atoms with van der Waals surface area (Å²) >= 11 is 12.2. The Labute approximate surface area is 262 Å². The van der Waals surface area contributed by atoms with Gasteiger partial charge in [0, 0.05) is 24.8 Å². The van der Waals surface area contributed by atoms with Gasteiger partial charge in [0.05, 0.1) is 28.0 Å². The number of ether oxygens (including phenoxy) is 1. The number of hydrogen-bond acceptors (Lipinski definition) is 5. The maximum absolute atomic E-state index is 14.2. The molecule has 0 unspecified atom stereocenters. The van der Waals surface area contributed by atoms with E-state index in [1.807, 2.05) is 30.4 Å². The highest BCUT2D eigenvalue weighted by Crippen LogP contribution is 2.55. The van der Waals surface area contributed by atoms with E-state index < -0.39 is 29.6 Å². The van der Waals surface area contributed by atoms with Crippen LogP contribution in [0.2, 0.25) is 10.0 Å². The van der Waals surface area contributed by atoms with Gasteiger partial charge >= 0.3 is 0 Å². The summed E-state index contributed by atoms with van der Waals surface area (Å²) in [4.78, 5) is 45.8. The number of nitrogens with one attached hydrogen (secondary N) is 2. The Balaban J connectivity index is 1.21. The van der Waals surface area contributed by atoms with Crippen molar-refractivity contribution in [1.82, 2.24) is 15.1 Å². The van der Waals surface area contributed by atoms with Crippen molar-refractivity contribution in [2.45, 2.75) is 68.9 Å². The van der Waals surface area contributed by atoms with Crippen molar-refractivity contribution in [3.8, 4) is 0 Å². The summed E-state index contributed by atoms with van der Waals surface area (Å²) in [5, 5.41) is 6.84. The van der Waals surface area contributed by atoms with Crippen LogP contribution in [0.1, 0.15) is 44.1 Å². The summed E-state index contributed by atoms with van der Waals surface area (Å²) in [5.41, 5.74) is 0.512. The van der Waals surface area contributed by atoms with Crippen molar-refractivity contribution < 1.29 is 19.1 Å². The standard InChI is InChI=1S/C33H38Cl2N4O4/c1-38(20-21-9-4-2-5-10-21)17-8-18-39-29(31(41)36-22-11-6-3-7-12-22)33-16-15-26(43-33)27(28(33)32(39)42)30(40)37-23-13-14-24(34)25(35)19-23/h2,4-5,9-10,13-16,19,22,26-29H,3,6-8,11-12,17-18,20H2,1H3,(H,36,41)(H,37,40)/t26-,27-,28-,29+,33+/m1/s1. The molecule has 43 heavy (non-hydrogen) atoms. The van der Waals surface area contributed by atoms with Crippen LogP contribution in [0.5, 0.6) is 0 Å². The molecule has 0 aromatic heterocycles. The molecular formula is C33H38Cl2N4O4. The highest BCUT2D eigenvalue weighted by Gasteiger charge is 2.72. The molecule has 6 rings (SSSR count). The number of hydrogen-bond donors (Lipinski definition) is 2. The zero-order valence-electron chi connectivity index (χ0n) is 24.3. The van der Waals surface area contributed by atoms with Crippen molar-refractivity contribution in [2.24, 2.45) is 11.8 Å². The monoisotopic (exact) mass is 624 g/mol. The Morgan fingerprint density at radius 2 is 1.81 bits per heavy atom. The van der Waals surface area contributed by atoms with Gasteiger partial charge in [-0.05, 0) is 56.6 Å². The Bertz CT molecular complexity index is 1400. The zero-order chi connectivity index (χ0) is 30.1. The van der Waals surface area contributed by atoms with Gasteiger partial charge in [0.15, 0.2) is 0 Å². The van der Waals surface area contributed by atoms with Gasteiger partial charge < -0.3 is 25.2 Å². The predicted molar refractivity (Wildman–Crippen MR) is 167 cm³/mol. The minimum absolute atomic E-state index is 0.0852. The molecule has 2 bridgehead atoms. The number of halogens is 2. The molecule has 2 N–H and O–H groups in total. The first-order valence-electron chi connectivity index (χ1n) is 15.2. The Hall–Kier alpha value is -2.91. The number of carbonyl (C=O) groups is 3. The summed E-state index contributed by atoms with van der Waals surface area (Å²) in [7, 11) is 2.05. The average molecular weight is 626 g/mol. The van der Waals surface area contributed by atoms with E-state index in [-0.39, 0.29) is 23.8 Å². The van der Waals surface area contributed by atoms with Gasteiger partial charge in [-0.2, -0.15) is 0 Å². The summed E-state index contributed by atoms with van der Waals surface area (Å²) in [6.07, 6.45) is 8.97. The van der Waals surface area contributed by atoms with E-state index in [0.717, 1.165) is 38.8 Å². The van der Waals surface area contributed by atoms with Gasteiger partial charge in [-0.25, -0.2) is 0 Å². The van der Waals surface area contributed by atoms with Crippen molar-refractivity contribution >= 4 is 46.6 Å². The summed E-state index contributed by atoms with van der Waals surface area (Å²) in [5.74, 6) is -2.33. The lowest BCUT2D eigenvalue weighted by atomic mass is 9.74. The van der Waals surface area contributed by atoms with Crippen molar-refractivity contribution in [3.05, 3.63) is 76.3 Å². The quantitative estimate of drug-likeness (QED) is 0.361. The van der Waals surface area contributed by atoms with E-state index in [2.05, 4.69) is 34.7 Å². The number of fused-ring (bicyclic) bond motifs is 1. The second-order valence-electron chi connectivity index (χ2n) is 12.3. The van der Waals surface area contributed by atoms with Crippen LogP contribution in [0.15, 0.2) is 60.7 Å². The molecule has 1 aliphatic carbocycles. The number of rotatable bonds is 10. The normalized spacial score (nSPS) is 28.0. The van der Waals surface area contributed by atoms with Gasteiger partial charge in [0.2, 0.25) is 17.7 Å². The number of benzene rings is 2. The largest absolute Gasteiger partial charge is 0.359 e. The highest BCUT2D eigenvalue weighted by molar-refractivity contribution is 6.42. The van der Waals surface area contributed by atoms with E-state index in [0.29, 0.717) is 28.7 Å². The van der Waals surface area contributed by atoms with E-state index in [9.17, 15) is 14.4 Å². The maximum atomic E-state index is 14.2. The first kappa shape index (κ1) is 30.1. The molecule has 3 aliphatic heterocycles. The predicted octanol–water partition coefficient (Wildman–Crippen LogP) is 5.05. The lowest BCUT2D eigenvalue weighted by Crippen LogP contribution is -2.56. The van der Waals surface area contributed by atoms with Crippen molar-refractivity contribution in [1.29, 1.82) is 0 Å². The van der Waals surface area contributed by atoms with Crippen LogP contribution in [0.4, 0.5) is 5.69 Å². The van der Waals surface area contributed by atoms with Crippen LogP contribution in [0, 0.1) is 11.8 Å². The molecule has 5 atom stereocenters. The minimum Gasteiger partial charge on any atom is -0.359 e. The van der Waals surface area contributed by atoms with Crippen LogP contribution in [0.25, 0.3) is 0 Å². The molecule has 3 heterocycles. The van der Waals surface area contributed by atoms with E-state index >= 15 is 0 Å². The molecule has 3 amide bonds. The third kappa shape index (κ3) is 5.95. The molecule has 3 fully saturated rings. The van der Waals surface area contributed by atoms with Crippen LogP contribution in [-0.2, 0) is 25.7 Å². The highest BCUT2D eigenvalue weighted by atomic mass is 35.5. The van der Waals surface area contributed by atoms with Gasteiger partial charge in [0.25, 0.3) is 0 Å². The Morgan fingerprint density at radius 1 is 1.05 bits per heavy atom. The molecule has 1 spiro atoms. The minimum atomic E-state index is -1.18. The number of carbonyl (C=O) groups excluding carboxylic acids is 3. The fourth-order valence-electron chi connectivity index (χ4n) is 7.32. The van der Waals surface area contributed by atoms with Gasteiger partial charge in [0.1, 0.15) is 11.6 Å². The first-order valence-corrected chi connectivity index (χ1v) is 16.0. The van der Waals surface area contributed by atoms with Crippen LogP contribution in [0.3, 0.4) is 0 Å². The molecule has 8 nitrogen and oxygen atoms in total. The lowest BCUT2D eigenvalue weighted by Gasteiger charge is -2.34. The molecule has 228 valence electrons. The summed E-state index contributed by atoms with van der Waals surface area (Å²) in [6.45, 7) is 1.92. The molecular weight excluding hydrogens is 587 g/mol. The second-order valence-corrected chi connectivity index (χ2v) is 13.1. The Kier molecular flexibility index (Phi) is 8.83. The third-order valence-corrected chi connectivity index (χ3v) is 10.0. The fraction of sp³-hybridized carbons (Fsp3) is 0.485. The van der Waals surface area contributed by atoms with Crippen LogP contribution in [-0.4, -0.2) is 71.4 Å². The van der Waals surface area contributed by atoms with Crippen LogP contribution < -0.4 is 10.6 Å². The first-order chi connectivity index (χ1) is 20.8. The van der Waals surface area contributed by atoms with Gasteiger partial charge in [-0.3, -0.25) is 14.4 Å². The number of nitrogens with zero attached hydrogens (tertiary/aromatic N) is 2. The molecule has 2 aromatic carbocycles. The molecule has 0 radical (unpaired) electrons. The second kappa shape index (κ2) is 12.6. The smallest absolute Gasteiger partial charge is 0.246 e. The molecule has 1 saturated carbocycles. The van der Waals surface area contributed by atoms with Gasteiger partial charge in [-0.1, -0.05) is 84.9 Å². The zero-order valence-corrected chi connectivity index (χ0v) is 25.8. The van der Waals surface area contributed by atoms with E-state index in [1.165, 1.54) is 12.0 Å². The maximum Gasteiger partial charge on any atom is 0.246 e. The average Bonchev–Trinajstić information content (AvgIpc) is 3.63. The number of likely N-dealkylation sites (tertiary alicyclic amines) is 1. The van der Waals surface area contributed by atoms with Crippen LogP contribution >= 0.6 is 23.2 Å².